The van der Waals surface area contributed by atoms with Gasteiger partial charge in [-0.2, -0.15) is 0 Å². The molecule has 3 saturated heterocycles. The fourth-order valence-electron chi connectivity index (χ4n) is 7.44. The first-order valence-corrected chi connectivity index (χ1v) is 13.3. The molecular formula is C27H36O11. The molecule has 11 nitrogen and oxygen atoms in total. The molecule has 2 aliphatic carbocycles. The van der Waals surface area contributed by atoms with Gasteiger partial charge in [0.15, 0.2) is 12.4 Å². The lowest BCUT2D eigenvalue weighted by molar-refractivity contribution is -0.261. The Labute approximate surface area is 220 Å². The van der Waals surface area contributed by atoms with Crippen LogP contribution in [0.15, 0.2) is 24.3 Å². The molecule has 38 heavy (non-hydrogen) atoms. The smallest absolute Gasteiger partial charge is 0.335 e. The van der Waals surface area contributed by atoms with Crippen molar-refractivity contribution < 1.29 is 53.3 Å². The molecule has 2 bridgehead atoms. The molecule has 0 aromatic heterocycles. The van der Waals surface area contributed by atoms with Crippen LogP contribution in [0.1, 0.15) is 40.0 Å². The fraction of sp³-hybridized carbons (Fsp3) is 0.778. The van der Waals surface area contributed by atoms with E-state index in [0.29, 0.717) is 19.4 Å². The summed E-state index contributed by atoms with van der Waals surface area (Å²) in [5.41, 5.74) is -3.42. The summed E-state index contributed by atoms with van der Waals surface area (Å²) in [6.07, 6.45) is 0.926. The summed E-state index contributed by atoms with van der Waals surface area (Å²) in [5, 5.41) is 31.9. The van der Waals surface area contributed by atoms with Crippen LogP contribution in [-0.2, 0) is 38.0 Å². The number of cyclic esters (lactones) is 1. The van der Waals surface area contributed by atoms with E-state index in [2.05, 4.69) is 0 Å². The van der Waals surface area contributed by atoms with Gasteiger partial charge < -0.3 is 43.7 Å². The average Bonchev–Trinajstić information content (AvgIpc) is 3.78. The molecule has 5 fully saturated rings. The van der Waals surface area contributed by atoms with Crippen molar-refractivity contribution in [1.29, 1.82) is 0 Å². The van der Waals surface area contributed by atoms with Gasteiger partial charge in [0, 0.05) is 17.9 Å². The molecule has 12 atom stereocenters. The van der Waals surface area contributed by atoms with E-state index in [9.17, 15) is 24.9 Å². The van der Waals surface area contributed by atoms with E-state index in [1.807, 2.05) is 13.8 Å². The highest BCUT2D eigenvalue weighted by Crippen LogP contribution is 2.75. The number of rotatable bonds is 0. The van der Waals surface area contributed by atoms with Crippen molar-refractivity contribution in [3.8, 4) is 0 Å². The molecule has 0 radical (unpaired) electrons. The molecule has 210 valence electrons. The van der Waals surface area contributed by atoms with Crippen LogP contribution < -0.4 is 0 Å². The van der Waals surface area contributed by atoms with E-state index >= 15 is 0 Å². The van der Waals surface area contributed by atoms with Gasteiger partial charge in [-0.1, -0.05) is 26.0 Å². The monoisotopic (exact) mass is 536 g/mol. The first-order valence-electron chi connectivity index (χ1n) is 13.3. The summed E-state index contributed by atoms with van der Waals surface area (Å²) in [5.74, 6) is -1.89. The third kappa shape index (κ3) is 3.59. The summed E-state index contributed by atoms with van der Waals surface area (Å²) in [6.45, 7) is 5.81. The second-order valence-electron chi connectivity index (χ2n) is 12.0. The lowest BCUT2D eigenvalue weighted by atomic mass is 9.49. The molecule has 0 amide bonds. The van der Waals surface area contributed by atoms with Gasteiger partial charge in [-0.15, -0.1) is 0 Å². The van der Waals surface area contributed by atoms with Crippen LogP contribution in [0.2, 0.25) is 0 Å². The van der Waals surface area contributed by atoms with Crippen LogP contribution >= 0.6 is 0 Å². The maximum Gasteiger partial charge on any atom is 0.335 e. The Kier molecular flexibility index (Phi) is 6.12. The van der Waals surface area contributed by atoms with Gasteiger partial charge in [-0.3, -0.25) is 0 Å². The number of hydrogen-bond donors (Lipinski definition) is 3. The van der Waals surface area contributed by atoms with Gasteiger partial charge in [0.1, 0.15) is 30.0 Å². The molecule has 2 spiro atoms. The molecule has 4 aliphatic heterocycles. The van der Waals surface area contributed by atoms with E-state index in [0.717, 1.165) is 0 Å². The number of fused-ring (bicyclic) bond motifs is 2. The Morgan fingerprint density at radius 2 is 1.79 bits per heavy atom. The van der Waals surface area contributed by atoms with E-state index in [4.69, 9.17) is 28.4 Å². The predicted molar refractivity (Wildman–Crippen MR) is 127 cm³/mol. The van der Waals surface area contributed by atoms with Crippen LogP contribution in [0.5, 0.6) is 0 Å². The maximum atomic E-state index is 13.1. The van der Waals surface area contributed by atoms with Crippen LogP contribution in [0.25, 0.3) is 0 Å². The molecule has 3 N–H and O–H groups in total. The zero-order valence-corrected chi connectivity index (χ0v) is 21.8. The molecule has 6 rings (SSSR count). The number of aliphatic hydroxyl groups is 3. The Bertz CT molecular complexity index is 1050. The van der Waals surface area contributed by atoms with Crippen molar-refractivity contribution >= 4 is 11.9 Å². The zero-order valence-electron chi connectivity index (χ0n) is 21.8. The van der Waals surface area contributed by atoms with Crippen molar-refractivity contribution in [2.45, 2.75) is 94.1 Å². The van der Waals surface area contributed by atoms with Crippen LogP contribution in [-0.4, -0.2) is 101 Å². The van der Waals surface area contributed by atoms with Gasteiger partial charge in [0.05, 0.1) is 36.9 Å². The van der Waals surface area contributed by atoms with E-state index in [1.165, 1.54) is 24.3 Å². The zero-order chi connectivity index (χ0) is 27.1. The second kappa shape index (κ2) is 8.82. The van der Waals surface area contributed by atoms with Crippen molar-refractivity contribution in [3.63, 3.8) is 0 Å². The largest absolute Gasteiger partial charge is 0.463 e. The fourth-order valence-corrected chi connectivity index (χ4v) is 7.44. The van der Waals surface area contributed by atoms with E-state index < -0.39 is 76.7 Å². The maximum absolute atomic E-state index is 13.1. The van der Waals surface area contributed by atoms with Crippen molar-refractivity contribution in [3.05, 3.63) is 24.3 Å². The topological polar surface area (TPSA) is 157 Å². The van der Waals surface area contributed by atoms with Crippen molar-refractivity contribution in [2.75, 3.05) is 19.8 Å². The second-order valence-corrected chi connectivity index (χ2v) is 12.0. The number of aliphatic hydroxyl groups excluding tert-OH is 3. The minimum atomic E-state index is -1.42. The third-order valence-corrected chi connectivity index (χ3v) is 10.2. The lowest BCUT2D eigenvalue weighted by Gasteiger charge is -2.59. The number of ether oxygens (including phenoxy) is 6. The first-order chi connectivity index (χ1) is 18.0. The SMILES string of the molecule is CC1CCOC(O)/C=C/C=C/C(=O)OC2CC3OC4C5OC5(C)C(O)CC4(COC(=O)C1O)C2(C)C31CO1. The number of epoxide rings is 2. The molecule has 0 aromatic carbocycles. The molecule has 6 aliphatic rings. The first kappa shape index (κ1) is 26.4. The third-order valence-electron chi connectivity index (χ3n) is 10.2. The van der Waals surface area contributed by atoms with Crippen molar-refractivity contribution in [1.82, 2.24) is 0 Å². The van der Waals surface area contributed by atoms with Gasteiger partial charge in [-0.25, -0.2) is 9.59 Å². The molecule has 2 saturated carbocycles. The van der Waals surface area contributed by atoms with Gasteiger partial charge in [0.25, 0.3) is 0 Å². The molecule has 12 unspecified atom stereocenters. The predicted octanol–water partition coefficient (Wildman–Crippen LogP) is 0.144. The number of carbonyl (C=O) groups excluding carboxylic acids is 2. The number of esters is 2. The summed E-state index contributed by atoms with van der Waals surface area (Å²) in [4.78, 5) is 25.9. The molecule has 0 aromatic rings. The number of carbonyl (C=O) groups is 2. The highest BCUT2D eigenvalue weighted by atomic mass is 16.7. The molecule has 11 heteroatoms. The van der Waals surface area contributed by atoms with Gasteiger partial charge >= 0.3 is 11.9 Å². The Morgan fingerprint density at radius 1 is 1.03 bits per heavy atom. The normalized spacial score (nSPS) is 55.9. The quantitative estimate of drug-likeness (QED) is 0.286. The summed E-state index contributed by atoms with van der Waals surface area (Å²) >= 11 is 0. The minimum Gasteiger partial charge on any atom is -0.463 e. The van der Waals surface area contributed by atoms with Crippen molar-refractivity contribution in [2.24, 2.45) is 16.7 Å². The summed E-state index contributed by atoms with van der Waals surface area (Å²) < 4.78 is 35.8. The number of allylic oxidation sites excluding steroid dienone is 2. The molecular weight excluding hydrogens is 500 g/mol. The summed E-state index contributed by atoms with van der Waals surface area (Å²) in [6, 6.07) is 0. The average molecular weight is 537 g/mol. The standard InChI is InChI=1S/C27H36O11/c1-14-8-9-33-18(29)6-4-5-7-19(30)36-16-10-17-27(13-35-27)25(16,3)26(12-34-23(32)20(14)31)11-15(28)24(2)21(38-24)22(26)37-17/h4-7,14-18,20-22,28-29,31H,8-13H2,1-3H3/b6-4+,7-5+. The van der Waals surface area contributed by atoms with Crippen LogP contribution in [0.4, 0.5) is 0 Å². The van der Waals surface area contributed by atoms with Crippen LogP contribution in [0, 0.1) is 16.7 Å². The Balaban J connectivity index is 1.39. The highest BCUT2D eigenvalue weighted by Gasteiger charge is 2.87. The summed E-state index contributed by atoms with van der Waals surface area (Å²) in [7, 11) is 0. The highest BCUT2D eigenvalue weighted by molar-refractivity contribution is 5.82. The Hall–Kier alpha value is -1.86. The lowest BCUT2D eigenvalue weighted by Crippen LogP contribution is -2.71. The number of hydrogen-bond acceptors (Lipinski definition) is 11. The van der Waals surface area contributed by atoms with Crippen LogP contribution in [0.3, 0.4) is 0 Å². The molecule has 4 heterocycles. The minimum absolute atomic E-state index is 0.0907. The van der Waals surface area contributed by atoms with Gasteiger partial charge in [-0.05, 0) is 31.8 Å². The van der Waals surface area contributed by atoms with E-state index in [-0.39, 0.29) is 25.7 Å². The van der Waals surface area contributed by atoms with E-state index in [1.54, 1.807) is 6.92 Å². The van der Waals surface area contributed by atoms with Gasteiger partial charge in [0.2, 0.25) is 0 Å². The Morgan fingerprint density at radius 3 is 2.53 bits per heavy atom.